The minimum atomic E-state index is -0.261. The first-order valence-electron chi connectivity index (χ1n) is 10.9. The Morgan fingerprint density at radius 2 is 2.10 bits per heavy atom. The molecule has 0 aromatic carbocycles. The first kappa shape index (κ1) is 20.3. The summed E-state index contributed by atoms with van der Waals surface area (Å²) in [6, 6.07) is 3.32. The highest BCUT2D eigenvalue weighted by atomic mass is 19.1. The topological polar surface area (TPSA) is 65.0 Å². The van der Waals surface area contributed by atoms with Crippen molar-refractivity contribution in [3.8, 4) is 0 Å². The number of aliphatic imine (C=N–C) groups is 1. The maximum atomic E-state index is 14.0. The summed E-state index contributed by atoms with van der Waals surface area (Å²) in [5.41, 5.74) is 0.158. The molecule has 160 valence electrons. The summed E-state index contributed by atoms with van der Waals surface area (Å²) in [6.07, 6.45) is 7.28. The molecule has 29 heavy (non-hydrogen) atoms. The lowest BCUT2D eigenvalue weighted by Gasteiger charge is -2.45. The molecule has 3 fully saturated rings. The highest BCUT2D eigenvalue weighted by molar-refractivity contribution is 5.80. The first-order chi connectivity index (χ1) is 14.2. The molecule has 0 radical (unpaired) electrons. The lowest BCUT2D eigenvalue weighted by molar-refractivity contribution is -0.0164. The molecule has 1 unspecified atom stereocenters. The van der Waals surface area contributed by atoms with Gasteiger partial charge in [0, 0.05) is 57.7 Å². The number of guanidine groups is 1. The van der Waals surface area contributed by atoms with Gasteiger partial charge in [-0.05, 0) is 57.3 Å². The van der Waals surface area contributed by atoms with Crippen molar-refractivity contribution in [3.05, 3.63) is 24.1 Å². The Morgan fingerprint density at radius 1 is 1.31 bits per heavy atom. The fraction of sp³-hybridized carbons (Fsp3) is 0.714. The van der Waals surface area contributed by atoms with E-state index in [9.17, 15) is 4.39 Å². The van der Waals surface area contributed by atoms with E-state index in [-0.39, 0.29) is 17.4 Å². The average molecular weight is 405 g/mol. The van der Waals surface area contributed by atoms with Gasteiger partial charge in [0.2, 0.25) is 0 Å². The number of hydrogen-bond donors (Lipinski definition) is 2. The molecule has 1 atom stereocenters. The fourth-order valence-corrected chi connectivity index (χ4v) is 4.86. The molecule has 4 rings (SSSR count). The van der Waals surface area contributed by atoms with E-state index in [4.69, 9.17) is 4.74 Å². The van der Waals surface area contributed by atoms with Crippen LogP contribution in [-0.2, 0) is 4.74 Å². The number of halogens is 1. The molecule has 2 N–H and O–H groups in total. The Morgan fingerprint density at radius 3 is 2.83 bits per heavy atom. The summed E-state index contributed by atoms with van der Waals surface area (Å²) < 4.78 is 19.7. The molecule has 0 bridgehead atoms. The minimum Gasteiger partial charge on any atom is -0.381 e. The van der Waals surface area contributed by atoms with Crippen LogP contribution < -0.4 is 15.5 Å². The van der Waals surface area contributed by atoms with Gasteiger partial charge in [-0.15, -0.1) is 0 Å². The third-order valence-electron chi connectivity index (χ3n) is 6.58. The lowest BCUT2D eigenvalue weighted by atomic mass is 9.88. The molecule has 0 aliphatic carbocycles. The number of aromatic nitrogens is 1. The van der Waals surface area contributed by atoms with Crippen LogP contribution in [0.25, 0.3) is 0 Å². The van der Waals surface area contributed by atoms with Gasteiger partial charge in [-0.2, -0.15) is 0 Å². The summed E-state index contributed by atoms with van der Waals surface area (Å²) >= 11 is 0. The number of nitrogens with one attached hydrogen (secondary N) is 2. The van der Waals surface area contributed by atoms with E-state index in [1.165, 1.54) is 32.0 Å². The molecule has 3 aliphatic rings. The quantitative estimate of drug-likeness (QED) is 0.574. The molecule has 1 aromatic rings. The van der Waals surface area contributed by atoms with Gasteiger partial charge < -0.3 is 20.3 Å². The van der Waals surface area contributed by atoms with E-state index < -0.39 is 0 Å². The zero-order valence-electron chi connectivity index (χ0n) is 17.4. The van der Waals surface area contributed by atoms with Crippen molar-refractivity contribution in [2.24, 2.45) is 4.99 Å². The van der Waals surface area contributed by atoms with Gasteiger partial charge in [-0.3, -0.25) is 9.89 Å². The molecule has 0 spiro atoms. The van der Waals surface area contributed by atoms with Crippen LogP contribution in [0.15, 0.2) is 23.3 Å². The summed E-state index contributed by atoms with van der Waals surface area (Å²) in [5.74, 6) is 1.00. The van der Waals surface area contributed by atoms with Crippen LogP contribution in [-0.4, -0.2) is 80.4 Å². The highest BCUT2D eigenvalue weighted by Crippen LogP contribution is 2.30. The predicted octanol–water partition coefficient (Wildman–Crippen LogP) is 1.61. The number of pyridine rings is 1. The molecule has 1 aromatic heterocycles. The molecular weight excluding hydrogens is 371 g/mol. The van der Waals surface area contributed by atoms with E-state index in [0.29, 0.717) is 5.82 Å². The van der Waals surface area contributed by atoms with Gasteiger partial charge in [-0.25, -0.2) is 9.37 Å². The van der Waals surface area contributed by atoms with Crippen molar-refractivity contribution in [2.45, 2.75) is 43.7 Å². The Kier molecular flexibility index (Phi) is 6.50. The highest BCUT2D eigenvalue weighted by Gasteiger charge is 2.39. The summed E-state index contributed by atoms with van der Waals surface area (Å²) in [4.78, 5) is 13.3. The summed E-state index contributed by atoms with van der Waals surface area (Å²) in [7, 11) is 1.81. The monoisotopic (exact) mass is 404 g/mol. The molecule has 8 heteroatoms. The van der Waals surface area contributed by atoms with Crippen molar-refractivity contribution >= 4 is 11.8 Å². The molecule has 4 heterocycles. The van der Waals surface area contributed by atoms with Crippen LogP contribution in [0.2, 0.25) is 0 Å². The normalized spacial score (nSPS) is 25.4. The van der Waals surface area contributed by atoms with Crippen LogP contribution in [0.5, 0.6) is 0 Å². The molecule has 3 aliphatic heterocycles. The summed E-state index contributed by atoms with van der Waals surface area (Å²) in [6.45, 7) is 6.41. The first-order valence-corrected chi connectivity index (χ1v) is 10.9. The molecule has 7 nitrogen and oxygen atoms in total. The van der Waals surface area contributed by atoms with E-state index in [0.717, 1.165) is 58.1 Å². The SMILES string of the molecule is CN=C(NCC1(N2CCCC2)CCOCC1)NC1CCN(c2ncccc2F)C1. The summed E-state index contributed by atoms with van der Waals surface area (Å²) in [5, 5.41) is 7.11. The predicted molar refractivity (Wildman–Crippen MR) is 113 cm³/mol. The number of nitrogens with zero attached hydrogens (tertiary/aromatic N) is 4. The largest absolute Gasteiger partial charge is 0.381 e. The number of anilines is 1. The molecular formula is C21H33FN6O. The van der Waals surface area contributed by atoms with Gasteiger partial charge in [0.25, 0.3) is 0 Å². The lowest BCUT2D eigenvalue weighted by Crippen LogP contribution is -2.59. The number of rotatable bonds is 5. The van der Waals surface area contributed by atoms with Crippen molar-refractivity contribution in [1.82, 2.24) is 20.5 Å². The molecule has 0 saturated carbocycles. The van der Waals surface area contributed by atoms with Gasteiger partial charge in [0.15, 0.2) is 17.6 Å². The zero-order chi connectivity index (χ0) is 20.1. The smallest absolute Gasteiger partial charge is 0.191 e. The van der Waals surface area contributed by atoms with E-state index in [1.807, 2.05) is 11.9 Å². The molecule has 3 saturated heterocycles. The second-order valence-electron chi connectivity index (χ2n) is 8.34. The fourth-order valence-electron chi connectivity index (χ4n) is 4.86. The Labute approximate surface area is 172 Å². The van der Waals surface area contributed by atoms with E-state index >= 15 is 0 Å². The second kappa shape index (κ2) is 9.26. The van der Waals surface area contributed by atoms with Crippen molar-refractivity contribution in [2.75, 3.05) is 57.9 Å². The van der Waals surface area contributed by atoms with Gasteiger partial charge >= 0.3 is 0 Å². The molecule has 0 amide bonds. The van der Waals surface area contributed by atoms with Crippen LogP contribution >= 0.6 is 0 Å². The van der Waals surface area contributed by atoms with Gasteiger partial charge in [0.1, 0.15) is 0 Å². The third-order valence-corrected chi connectivity index (χ3v) is 6.58. The van der Waals surface area contributed by atoms with Crippen LogP contribution in [0.4, 0.5) is 10.2 Å². The number of ether oxygens (including phenoxy) is 1. The number of likely N-dealkylation sites (tertiary alicyclic amines) is 1. The Hall–Kier alpha value is -1.93. The van der Waals surface area contributed by atoms with Crippen LogP contribution in [0.3, 0.4) is 0 Å². The standard InChI is InChI=1S/C21H33FN6O/c1-23-20(25-16-21(7-13-29-14-8-21)28-10-2-3-11-28)26-17-6-12-27(15-17)19-18(22)5-4-9-24-19/h4-5,9,17H,2-3,6-8,10-16H2,1H3,(H2,23,25,26). The maximum absolute atomic E-state index is 14.0. The number of hydrogen-bond acceptors (Lipinski definition) is 5. The van der Waals surface area contributed by atoms with E-state index in [1.54, 1.807) is 12.3 Å². The minimum absolute atomic E-state index is 0.158. The Balaban J connectivity index is 1.33. The van der Waals surface area contributed by atoms with Crippen LogP contribution in [0.1, 0.15) is 32.1 Å². The van der Waals surface area contributed by atoms with Crippen molar-refractivity contribution < 1.29 is 9.13 Å². The maximum Gasteiger partial charge on any atom is 0.191 e. The van der Waals surface area contributed by atoms with Crippen LogP contribution in [0, 0.1) is 5.82 Å². The third kappa shape index (κ3) is 4.64. The van der Waals surface area contributed by atoms with Gasteiger partial charge in [0.05, 0.1) is 0 Å². The zero-order valence-corrected chi connectivity index (χ0v) is 17.4. The van der Waals surface area contributed by atoms with E-state index in [2.05, 4.69) is 25.5 Å². The van der Waals surface area contributed by atoms with Crippen molar-refractivity contribution in [1.29, 1.82) is 0 Å². The average Bonchev–Trinajstić information content (AvgIpc) is 3.45. The Bertz CT molecular complexity index is 702. The van der Waals surface area contributed by atoms with Crippen molar-refractivity contribution in [3.63, 3.8) is 0 Å². The second-order valence-corrected chi connectivity index (χ2v) is 8.34. The van der Waals surface area contributed by atoms with Gasteiger partial charge in [-0.1, -0.05) is 0 Å².